The molecule has 0 aromatic rings. The molecule has 0 aromatic carbocycles. The summed E-state index contributed by atoms with van der Waals surface area (Å²) in [5.74, 6) is 0.159. The summed E-state index contributed by atoms with van der Waals surface area (Å²) in [5.41, 5.74) is -0.0151. The van der Waals surface area contributed by atoms with E-state index in [1.807, 2.05) is 0 Å². The molecule has 17 heavy (non-hydrogen) atoms. The monoisotopic (exact) mass is 239 g/mol. The maximum atomic E-state index is 11.2. The van der Waals surface area contributed by atoms with Crippen molar-refractivity contribution < 1.29 is 9.90 Å². The van der Waals surface area contributed by atoms with Gasteiger partial charge >= 0.3 is 5.97 Å². The summed E-state index contributed by atoms with van der Waals surface area (Å²) >= 11 is 0. The molecule has 2 rings (SSSR count). The van der Waals surface area contributed by atoms with Gasteiger partial charge in [0.25, 0.3) is 0 Å². The fourth-order valence-electron chi connectivity index (χ4n) is 3.55. The van der Waals surface area contributed by atoms with E-state index in [2.05, 4.69) is 11.8 Å². The molecule has 1 saturated carbocycles. The number of carboxylic acids is 1. The van der Waals surface area contributed by atoms with E-state index in [4.69, 9.17) is 0 Å². The molecule has 98 valence electrons. The van der Waals surface area contributed by atoms with Gasteiger partial charge < -0.3 is 5.11 Å². The van der Waals surface area contributed by atoms with Crippen LogP contribution in [0.1, 0.15) is 58.3 Å². The lowest BCUT2D eigenvalue weighted by molar-refractivity contribution is -0.142. The standard InChI is InChI=1S/C14H25NO2/c1-12-5-7-14(8-6-12,11-13(16)17)15-9-3-2-4-10-15/h12H,2-11H2,1H3,(H,16,17). The Labute approximate surface area is 104 Å². The molecule has 1 heterocycles. The largest absolute Gasteiger partial charge is 0.481 e. The molecule has 0 amide bonds. The average Bonchev–Trinajstić information content (AvgIpc) is 2.33. The number of likely N-dealkylation sites (tertiary alicyclic amines) is 1. The van der Waals surface area contributed by atoms with Crippen molar-refractivity contribution in [1.82, 2.24) is 4.90 Å². The third-order valence-corrected chi connectivity index (χ3v) is 4.71. The molecular formula is C14H25NO2. The Morgan fingerprint density at radius 3 is 2.35 bits per heavy atom. The van der Waals surface area contributed by atoms with Crippen molar-refractivity contribution in [3.05, 3.63) is 0 Å². The lowest BCUT2D eigenvalue weighted by Gasteiger charge is -2.48. The molecule has 0 aromatic heterocycles. The molecule has 1 N–H and O–H groups in total. The Morgan fingerprint density at radius 2 is 1.82 bits per heavy atom. The highest BCUT2D eigenvalue weighted by atomic mass is 16.4. The van der Waals surface area contributed by atoms with Gasteiger partial charge in [0.15, 0.2) is 0 Å². The first-order valence-electron chi connectivity index (χ1n) is 7.09. The van der Waals surface area contributed by atoms with Gasteiger partial charge in [-0.15, -0.1) is 0 Å². The zero-order valence-electron chi connectivity index (χ0n) is 11.0. The van der Waals surface area contributed by atoms with E-state index in [1.54, 1.807) is 0 Å². The molecule has 1 aliphatic heterocycles. The number of nitrogens with zero attached hydrogens (tertiary/aromatic N) is 1. The van der Waals surface area contributed by atoms with Crippen LogP contribution in [0.25, 0.3) is 0 Å². The minimum absolute atomic E-state index is 0.0151. The molecular weight excluding hydrogens is 214 g/mol. The summed E-state index contributed by atoms with van der Waals surface area (Å²) in [6.45, 7) is 4.52. The number of carboxylic acid groups (broad SMARTS) is 1. The summed E-state index contributed by atoms with van der Waals surface area (Å²) in [4.78, 5) is 13.7. The summed E-state index contributed by atoms with van der Waals surface area (Å²) in [6.07, 6.45) is 8.72. The summed E-state index contributed by atoms with van der Waals surface area (Å²) < 4.78 is 0. The van der Waals surface area contributed by atoms with Crippen LogP contribution in [0.2, 0.25) is 0 Å². The number of hydrogen-bond donors (Lipinski definition) is 1. The summed E-state index contributed by atoms with van der Waals surface area (Å²) in [6, 6.07) is 0. The summed E-state index contributed by atoms with van der Waals surface area (Å²) in [5, 5.41) is 9.20. The van der Waals surface area contributed by atoms with Crippen molar-refractivity contribution in [2.45, 2.75) is 63.8 Å². The third kappa shape index (κ3) is 3.01. The van der Waals surface area contributed by atoms with Crippen molar-refractivity contribution in [2.24, 2.45) is 5.92 Å². The van der Waals surface area contributed by atoms with Crippen molar-refractivity contribution >= 4 is 5.97 Å². The van der Waals surface area contributed by atoms with Gasteiger partial charge in [-0.3, -0.25) is 9.69 Å². The molecule has 2 aliphatic rings. The molecule has 2 fully saturated rings. The molecule has 1 saturated heterocycles. The average molecular weight is 239 g/mol. The molecule has 3 nitrogen and oxygen atoms in total. The predicted molar refractivity (Wildman–Crippen MR) is 68.0 cm³/mol. The molecule has 0 radical (unpaired) electrons. The van der Waals surface area contributed by atoms with Crippen LogP contribution < -0.4 is 0 Å². The first kappa shape index (κ1) is 12.9. The normalized spacial score (nSPS) is 35.7. The minimum Gasteiger partial charge on any atom is -0.481 e. The molecule has 0 unspecified atom stereocenters. The van der Waals surface area contributed by atoms with Crippen LogP contribution >= 0.6 is 0 Å². The highest BCUT2D eigenvalue weighted by molar-refractivity contribution is 5.68. The highest BCUT2D eigenvalue weighted by Gasteiger charge is 2.41. The first-order chi connectivity index (χ1) is 8.12. The van der Waals surface area contributed by atoms with Crippen molar-refractivity contribution in [3.8, 4) is 0 Å². The van der Waals surface area contributed by atoms with Crippen molar-refractivity contribution in [1.29, 1.82) is 0 Å². The van der Waals surface area contributed by atoms with Crippen LogP contribution in [-0.2, 0) is 4.79 Å². The molecule has 0 atom stereocenters. The number of aliphatic carboxylic acids is 1. The van der Waals surface area contributed by atoms with Gasteiger partial charge in [-0.1, -0.05) is 13.3 Å². The smallest absolute Gasteiger partial charge is 0.305 e. The topological polar surface area (TPSA) is 40.5 Å². The quantitative estimate of drug-likeness (QED) is 0.823. The summed E-state index contributed by atoms with van der Waals surface area (Å²) in [7, 11) is 0. The second kappa shape index (κ2) is 5.38. The van der Waals surface area contributed by atoms with Gasteiger partial charge in [-0.25, -0.2) is 0 Å². The van der Waals surface area contributed by atoms with Gasteiger partial charge in [-0.2, -0.15) is 0 Å². The Morgan fingerprint density at radius 1 is 1.24 bits per heavy atom. The number of rotatable bonds is 3. The predicted octanol–water partition coefficient (Wildman–Crippen LogP) is 2.90. The zero-order chi connectivity index (χ0) is 12.3. The number of carbonyl (C=O) groups is 1. The van der Waals surface area contributed by atoms with E-state index in [9.17, 15) is 9.90 Å². The van der Waals surface area contributed by atoms with E-state index in [-0.39, 0.29) is 5.54 Å². The molecule has 1 aliphatic carbocycles. The lowest BCUT2D eigenvalue weighted by Crippen LogP contribution is -2.53. The van der Waals surface area contributed by atoms with Gasteiger partial charge in [0, 0.05) is 5.54 Å². The van der Waals surface area contributed by atoms with Gasteiger partial charge in [0.2, 0.25) is 0 Å². The van der Waals surface area contributed by atoms with E-state index in [0.29, 0.717) is 6.42 Å². The van der Waals surface area contributed by atoms with Crippen LogP contribution in [0.4, 0.5) is 0 Å². The molecule has 3 heteroatoms. The lowest BCUT2D eigenvalue weighted by atomic mass is 9.73. The molecule has 0 bridgehead atoms. The van der Waals surface area contributed by atoms with Gasteiger partial charge in [-0.05, 0) is 57.5 Å². The van der Waals surface area contributed by atoms with E-state index < -0.39 is 5.97 Å². The maximum Gasteiger partial charge on any atom is 0.305 e. The second-order valence-electron chi connectivity index (χ2n) is 6.03. The highest BCUT2D eigenvalue weighted by Crippen LogP contribution is 2.40. The van der Waals surface area contributed by atoms with Gasteiger partial charge in [0.05, 0.1) is 6.42 Å². The molecule has 0 spiro atoms. The fraction of sp³-hybridized carbons (Fsp3) is 0.929. The van der Waals surface area contributed by atoms with E-state index in [0.717, 1.165) is 31.8 Å². The fourth-order valence-corrected chi connectivity index (χ4v) is 3.55. The Hall–Kier alpha value is -0.570. The minimum atomic E-state index is -0.620. The van der Waals surface area contributed by atoms with E-state index in [1.165, 1.54) is 32.1 Å². The van der Waals surface area contributed by atoms with Crippen LogP contribution in [0.15, 0.2) is 0 Å². The number of hydrogen-bond acceptors (Lipinski definition) is 2. The maximum absolute atomic E-state index is 11.2. The van der Waals surface area contributed by atoms with Crippen LogP contribution in [0.5, 0.6) is 0 Å². The first-order valence-corrected chi connectivity index (χ1v) is 7.09. The Balaban J connectivity index is 2.08. The van der Waals surface area contributed by atoms with Gasteiger partial charge in [0.1, 0.15) is 0 Å². The Bertz CT molecular complexity index is 263. The number of piperidine rings is 1. The van der Waals surface area contributed by atoms with Crippen molar-refractivity contribution in [2.75, 3.05) is 13.1 Å². The van der Waals surface area contributed by atoms with Crippen LogP contribution in [-0.4, -0.2) is 34.6 Å². The van der Waals surface area contributed by atoms with Crippen LogP contribution in [0, 0.1) is 5.92 Å². The van der Waals surface area contributed by atoms with Crippen molar-refractivity contribution in [3.63, 3.8) is 0 Å². The van der Waals surface area contributed by atoms with Crippen LogP contribution in [0.3, 0.4) is 0 Å². The zero-order valence-corrected chi connectivity index (χ0v) is 11.0. The SMILES string of the molecule is CC1CCC(CC(=O)O)(N2CCCCC2)CC1. The Kier molecular flexibility index (Phi) is 4.08. The van der Waals surface area contributed by atoms with E-state index >= 15 is 0 Å². The second-order valence-corrected chi connectivity index (χ2v) is 6.03. The third-order valence-electron chi connectivity index (χ3n) is 4.71.